The molecule has 0 amide bonds. The molecule has 2 rings (SSSR count). The largest absolute Gasteiger partial charge is 0.431 e. The van der Waals surface area contributed by atoms with Crippen LogP contribution in [0, 0.1) is 11.8 Å². The summed E-state index contributed by atoms with van der Waals surface area (Å²) in [7, 11) is 0. The molecule has 0 aromatic carbocycles. The number of carbonyl (C=O) groups is 1. The Balaban J connectivity index is 2.22. The van der Waals surface area contributed by atoms with Gasteiger partial charge >= 0.3 is 5.97 Å². The van der Waals surface area contributed by atoms with Crippen LogP contribution in [0.3, 0.4) is 0 Å². The first-order chi connectivity index (χ1) is 5.83. The Kier molecular flexibility index (Phi) is 1.91. The zero-order chi connectivity index (χ0) is 8.55. The third-order valence-electron chi connectivity index (χ3n) is 2.94. The normalized spacial score (nSPS) is 38.1. The van der Waals surface area contributed by atoms with E-state index < -0.39 is 0 Å². The third kappa shape index (κ3) is 1.06. The molecule has 1 saturated carbocycles. The maximum absolute atomic E-state index is 11.3. The second-order valence-electron chi connectivity index (χ2n) is 3.61. The average molecular weight is 166 g/mol. The lowest BCUT2D eigenvalue weighted by molar-refractivity contribution is -0.139. The minimum Gasteiger partial charge on any atom is -0.431 e. The first-order valence-electron chi connectivity index (χ1n) is 4.71. The van der Waals surface area contributed by atoms with Crippen molar-refractivity contribution in [1.82, 2.24) is 0 Å². The van der Waals surface area contributed by atoms with Crippen LogP contribution in [0.1, 0.15) is 32.6 Å². The molecular weight excluding hydrogens is 152 g/mol. The van der Waals surface area contributed by atoms with Crippen molar-refractivity contribution < 1.29 is 9.53 Å². The van der Waals surface area contributed by atoms with E-state index in [9.17, 15) is 4.79 Å². The quantitative estimate of drug-likeness (QED) is 0.516. The summed E-state index contributed by atoms with van der Waals surface area (Å²) in [6.07, 6.45) is 6.53. The fourth-order valence-electron chi connectivity index (χ4n) is 2.29. The molecule has 1 saturated heterocycles. The number of esters is 1. The van der Waals surface area contributed by atoms with Gasteiger partial charge in [-0.25, -0.2) is 0 Å². The molecule has 2 heteroatoms. The highest BCUT2D eigenvalue weighted by atomic mass is 16.5. The highest BCUT2D eigenvalue weighted by Crippen LogP contribution is 2.41. The molecule has 2 unspecified atom stereocenters. The van der Waals surface area contributed by atoms with Crippen LogP contribution in [0.5, 0.6) is 0 Å². The second kappa shape index (κ2) is 2.92. The molecule has 66 valence electrons. The van der Waals surface area contributed by atoms with E-state index in [-0.39, 0.29) is 11.9 Å². The van der Waals surface area contributed by atoms with Crippen LogP contribution >= 0.6 is 0 Å². The van der Waals surface area contributed by atoms with Crippen LogP contribution in [0.4, 0.5) is 0 Å². The van der Waals surface area contributed by atoms with Gasteiger partial charge in [-0.05, 0) is 25.8 Å². The summed E-state index contributed by atoms with van der Waals surface area (Å²) in [5.74, 6) is 1.53. The Morgan fingerprint density at radius 2 is 2.00 bits per heavy atom. The lowest BCUT2D eigenvalue weighted by Gasteiger charge is -2.20. The molecule has 0 N–H and O–H groups in total. The van der Waals surface area contributed by atoms with Crippen molar-refractivity contribution in [1.29, 1.82) is 0 Å². The van der Waals surface area contributed by atoms with Crippen molar-refractivity contribution in [3.63, 3.8) is 0 Å². The van der Waals surface area contributed by atoms with Crippen molar-refractivity contribution in [2.45, 2.75) is 32.6 Å². The molecule has 0 spiro atoms. The van der Waals surface area contributed by atoms with E-state index >= 15 is 0 Å². The minimum absolute atomic E-state index is 0.00722. The van der Waals surface area contributed by atoms with Crippen LogP contribution in [0.2, 0.25) is 0 Å². The van der Waals surface area contributed by atoms with Gasteiger partial charge < -0.3 is 4.74 Å². The van der Waals surface area contributed by atoms with Crippen LogP contribution in [-0.4, -0.2) is 5.97 Å². The second-order valence-corrected chi connectivity index (χ2v) is 3.61. The standard InChI is InChI=1S/C10H14O2/c1-2-9-7-5-3-4-6-8(7)10(11)12-9/h2,7-8H,3-6H2,1H3/b9-2-. The predicted molar refractivity (Wildman–Crippen MR) is 45.3 cm³/mol. The van der Waals surface area contributed by atoms with E-state index in [1.807, 2.05) is 13.0 Å². The van der Waals surface area contributed by atoms with Crippen LogP contribution in [-0.2, 0) is 9.53 Å². The molecule has 2 fully saturated rings. The molecule has 1 aliphatic carbocycles. The first kappa shape index (κ1) is 7.84. The smallest absolute Gasteiger partial charge is 0.314 e. The van der Waals surface area contributed by atoms with E-state index in [0.29, 0.717) is 5.92 Å². The molecule has 1 aliphatic heterocycles. The van der Waals surface area contributed by atoms with Gasteiger partial charge in [-0.3, -0.25) is 4.79 Å². The number of cyclic esters (lactones) is 1. The molecule has 0 aromatic rings. The van der Waals surface area contributed by atoms with Crippen molar-refractivity contribution in [2.24, 2.45) is 11.8 Å². The van der Waals surface area contributed by atoms with Gasteiger partial charge in [0.25, 0.3) is 0 Å². The Morgan fingerprint density at radius 1 is 1.33 bits per heavy atom. The van der Waals surface area contributed by atoms with Crippen molar-refractivity contribution in [3.8, 4) is 0 Å². The summed E-state index contributed by atoms with van der Waals surface area (Å²) in [5, 5.41) is 0. The Morgan fingerprint density at radius 3 is 2.67 bits per heavy atom. The first-order valence-corrected chi connectivity index (χ1v) is 4.71. The van der Waals surface area contributed by atoms with E-state index in [2.05, 4.69) is 0 Å². The van der Waals surface area contributed by atoms with Gasteiger partial charge in [0.2, 0.25) is 0 Å². The SMILES string of the molecule is C/C=C1\OC(=O)C2CCCCC12. The summed E-state index contributed by atoms with van der Waals surface area (Å²) in [6, 6.07) is 0. The molecule has 12 heavy (non-hydrogen) atoms. The van der Waals surface area contributed by atoms with Gasteiger partial charge in [0.05, 0.1) is 5.92 Å². The molecule has 0 aromatic heterocycles. The summed E-state index contributed by atoms with van der Waals surface area (Å²) in [4.78, 5) is 11.3. The fourth-order valence-corrected chi connectivity index (χ4v) is 2.29. The van der Waals surface area contributed by atoms with Gasteiger partial charge in [-0.2, -0.15) is 0 Å². The number of carbonyl (C=O) groups excluding carboxylic acids is 1. The van der Waals surface area contributed by atoms with Gasteiger partial charge in [0, 0.05) is 5.92 Å². The predicted octanol–water partition coefficient (Wildman–Crippen LogP) is 2.25. The number of fused-ring (bicyclic) bond motifs is 1. The molecule has 2 aliphatic rings. The highest BCUT2D eigenvalue weighted by molar-refractivity contribution is 5.77. The van der Waals surface area contributed by atoms with Crippen LogP contribution in [0.15, 0.2) is 11.8 Å². The average Bonchev–Trinajstić information content (AvgIpc) is 2.44. The number of rotatable bonds is 0. The maximum atomic E-state index is 11.3. The lowest BCUT2D eigenvalue weighted by atomic mass is 9.80. The number of allylic oxidation sites excluding steroid dienone is 2. The summed E-state index contributed by atoms with van der Waals surface area (Å²) in [5.41, 5.74) is 0. The number of hydrogen-bond acceptors (Lipinski definition) is 2. The molecular formula is C10H14O2. The van der Waals surface area contributed by atoms with E-state index in [1.165, 1.54) is 12.8 Å². The summed E-state index contributed by atoms with van der Waals surface area (Å²) >= 11 is 0. The fraction of sp³-hybridized carbons (Fsp3) is 0.700. The Bertz CT molecular complexity index is 230. The highest BCUT2D eigenvalue weighted by Gasteiger charge is 2.41. The molecule has 2 atom stereocenters. The topological polar surface area (TPSA) is 26.3 Å². The van der Waals surface area contributed by atoms with Crippen molar-refractivity contribution in [3.05, 3.63) is 11.8 Å². The lowest BCUT2D eigenvalue weighted by Crippen LogP contribution is -2.19. The number of hydrogen-bond donors (Lipinski definition) is 0. The van der Waals surface area contributed by atoms with E-state index in [0.717, 1.165) is 18.6 Å². The zero-order valence-corrected chi connectivity index (χ0v) is 7.38. The number of ether oxygens (including phenoxy) is 1. The van der Waals surface area contributed by atoms with Gasteiger partial charge in [0.15, 0.2) is 0 Å². The summed E-state index contributed by atoms with van der Waals surface area (Å²) in [6.45, 7) is 1.94. The maximum Gasteiger partial charge on any atom is 0.314 e. The summed E-state index contributed by atoms with van der Waals surface area (Å²) < 4.78 is 5.18. The molecule has 1 heterocycles. The Hall–Kier alpha value is -0.790. The molecule has 0 bridgehead atoms. The minimum atomic E-state index is 0.00722. The van der Waals surface area contributed by atoms with Crippen LogP contribution in [0.25, 0.3) is 0 Å². The van der Waals surface area contributed by atoms with Crippen molar-refractivity contribution in [2.75, 3.05) is 0 Å². The third-order valence-corrected chi connectivity index (χ3v) is 2.94. The van der Waals surface area contributed by atoms with Gasteiger partial charge in [0.1, 0.15) is 5.76 Å². The van der Waals surface area contributed by atoms with Crippen LogP contribution < -0.4 is 0 Å². The zero-order valence-electron chi connectivity index (χ0n) is 7.38. The van der Waals surface area contributed by atoms with Gasteiger partial charge in [-0.15, -0.1) is 0 Å². The van der Waals surface area contributed by atoms with Crippen molar-refractivity contribution >= 4 is 5.97 Å². The Labute approximate surface area is 72.6 Å². The molecule has 0 radical (unpaired) electrons. The van der Waals surface area contributed by atoms with E-state index in [1.54, 1.807) is 0 Å². The van der Waals surface area contributed by atoms with E-state index in [4.69, 9.17) is 4.74 Å². The monoisotopic (exact) mass is 166 g/mol. The molecule has 2 nitrogen and oxygen atoms in total. The van der Waals surface area contributed by atoms with Gasteiger partial charge in [-0.1, -0.05) is 12.8 Å².